The van der Waals surface area contributed by atoms with Crippen molar-refractivity contribution in [2.24, 2.45) is 5.73 Å². The average molecular weight is 440 g/mol. The van der Waals surface area contributed by atoms with Gasteiger partial charge in [-0.05, 0) is 29.8 Å². The maximum Gasteiger partial charge on any atom is 0.269 e. The highest BCUT2D eigenvalue weighted by atomic mass is 35.5. The lowest BCUT2D eigenvalue weighted by Gasteiger charge is -2.22. The maximum atomic E-state index is 13.4. The van der Waals surface area contributed by atoms with Gasteiger partial charge in [-0.3, -0.25) is 10.1 Å². The number of nitrogens with two attached hydrogens (primary N) is 1. The number of hydrogen-bond acceptors (Lipinski definition) is 5. The van der Waals surface area contributed by atoms with E-state index in [1.54, 1.807) is 0 Å². The summed E-state index contributed by atoms with van der Waals surface area (Å²) < 4.78 is 64.9. The quantitative estimate of drug-likeness (QED) is 0.525. The molecule has 2 aromatic carbocycles. The zero-order valence-corrected chi connectivity index (χ0v) is 16.1. The first-order valence-electron chi connectivity index (χ1n) is 7.58. The van der Waals surface area contributed by atoms with Crippen LogP contribution in [0.2, 0.25) is 0 Å². The number of halogens is 4. The fraction of sp³-hybridized carbons (Fsp3) is 0.250. The molecule has 7 nitrogen and oxygen atoms in total. The van der Waals surface area contributed by atoms with Gasteiger partial charge in [0.15, 0.2) is 0 Å². The number of hydrogen-bond donors (Lipinski definition) is 1. The molecule has 0 saturated carbocycles. The second-order valence-corrected chi connectivity index (χ2v) is 7.77. The van der Waals surface area contributed by atoms with Gasteiger partial charge in [-0.25, -0.2) is 21.6 Å². The number of nitrogens with zero attached hydrogens (tertiary/aromatic N) is 2. The molecule has 1 unspecified atom stereocenters. The third-order valence-electron chi connectivity index (χ3n) is 3.89. The number of benzene rings is 2. The van der Waals surface area contributed by atoms with Crippen molar-refractivity contribution in [1.29, 1.82) is 0 Å². The summed E-state index contributed by atoms with van der Waals surface area (Å²) in [5.74, 6) is -1.08. The molecule has 0 saturated heterocycles. The molecule has 0 aliphatic heterocycles. The number of alkyl halides is 2. The molecule has 2 aromatic rings. The van der Waals surface area contributed by atoms with Crippen molar-refractivity contribution >= 4 is 28.1 Å². The predicted molar refractivity (Wildman–Crippen MR) is 98.4 cm³/mol. The standard InChI is InChI=1S/C16H16F3N3O4S.ClH/c1-21(27(25,26)12-5-3-11(4-6-12)22(23)24)9-15(20)10-2-7-14(17)13(8-10)16(18)19;/h2-8,15-16H,9,20H2,1H3;1H. The highest BCUT2D eigenvalue weighted by Crippen LogP contribution is 2.26. The highest BCUT2D eigenvalue weighted by Gasteiger charge is 2.25. The van der Waals surface area contributed by atoms with Crippen molar-refractivity contribution in [2.75, 3.05) is 13.6 Å². The van der Waals surface area contributed by atoms with Crippen LogP contribution in [0.3, 0.4) is 0 Å². The summed E-state index contributed by atoms with van der Waals surface area (Å²) in [4.78, 5) is 9.80. The lowest BCUT2D eigenvalue weighted by molar-refractivity contribution is -0.384. The smallest absolute Gasteiger partial charge is 0.269 e. The van der Waals surface area contributed by atoms with E-state index in [4.69, 9.17) is 5.73 Å². The minimum Gasteiger partial charge on any atom is -0.323 e. The summed E-state index contributed by atoms with van der Waals surface area (Å²) in [5.41, 5.74) is 4.96. The van der Waals surface area contributed by atoms with Crippen molar-refractivity contribution in [3.8, 4) is 0 Å². The van der Waals surface area contributed by atoms with E-state index in [2.05, 4.69) is 0 Å². The molecule has 0 aliphatic carbocycles. The normalized spacial score (nSPS) is 12.7. The Labute approximate surface area is 165 Å². The Morgan fingerprint density at radius 1 is 1.18 bits per heavy atom. The van der Waals surface area contributed by atoms with Gasteiger partial charge in [0.05, 0.1) is 15.4 Å². The maximum absolute atomic E-state index is 13.4. The van der Waals surface area contributed by atoms with Crippen molar-refractivity contribution in [3.63, 3.8) is 0 Å². The molecule has 0 aliphatic rings. The molecule has 0 spiro atoms. The van der Waals surface area contributed by atoms with Gasteiger partial charge in [-0.2, -0.15) is 4.31 Å². The van der Waals surface area contributed by atoms with Crippen LogP contribution < -0.4 is 5.73 Å². The molecule has 1 atom stereocenters. The zero-order chi connectivity index (χ0) is 20.4. The Hall–Kier alpha value is -2.21. The van der Waals surface area contributed by atoms with Crippen LogP contribution in [0.15, 0.2) is 47.4 Å². The molecule has 2 rings (SSSR count). The Morgan fingerprint density at radius 2 is 1.75 bits per heavy atom. The lowest BCUT2D eigenvalue weighted by Crippen LogP contribution is -2.34. The van der Waals surface area contributed by atoms with Crippen LogP contribution in [0.1, 0.15) is 23.6 Å². The van der Waals surface area contributed by atoms with Gasteiger partial charge in [0.25, 0.3) is 12.1 Å². The van der Waals surface area contributed by atoms with Gasteiger partial charge in [0.1, 0.15) is 5.82 Å². The zero-order valence-electron chi connectivity index (χ0n) is 14.5. The summed E-state index contributed by atoms with van der Waals surface area (Å²) in [6, 6.07) is 6.24. The summed E-state index contributed by atoms with van der Waals surface area (Å²) in [7, 11) is -2.78. The molecule has 0 aromatic heterocycles. The molecular formula is C16H17ClF3N3O4S. The summed E-state index contributed by atoms with van der Waals surface area (Å²) in [6.07, 6.45) is -3.03. The average Bonchev–Trinajstić information content (AvgIpc) is 2.61. The van der Waals surface area contributed by atoms with Crippen molar-refractivity contribution in [1.82, 2.24) is 4.31 Å². The number of non-ortho nitro benzene ring substituents is 1. The number of rotatable bonds is 7. The summed E-state index contributed by atoms with van der Waals surface area (Å²) in [6.45, 7) is -0.270. The summed E-state index contributed by atoms with van der Waals surface area (Å²) >= 11 is 0. The van der Waals surface area contributed by atoms with Crippen LogP contribution in [-0.2, 0) is 10.0 Å². The van der Waals surface area contributed by atoms with Gasteiger partial charge >= 0.3 is 0 Å². The van der Waals surface area contributed by atoms with Crippen LogP contribution in [0, 0.1) is 15.9 Å². The Balaban J connectivity index is 0.00000392. The minimum atomic E-state index is -4.01. The van der Waals surface area contributed by atoms with Gasteiger partial charge in [-0.15, -0.1) is 12.4 Å². The Bertz CT molecular complexity index is 943. The molecule has 0 amide bonds. The molecule has 2 N–H and O–H groups in total. The fourth-order valence-corrected chi connectivity index (χ4v) is 3.56. The Morgan fingerprint density at radius 3 is 2.25 bits per heavy atom. The van der Waals surface area contributed by atoms with Crippen molar-refractivity contribution in [2.45, 2.75) is 17.4 Å². The van der Waals surface area contributed by atoms with Crippen LogP contribution in [0.5, 0.6) is 0 Å². The van der Waals surface area contributed by atoms with Gasteiger partial charge in [-0.1, -0.05) is 6.07 Å². The van der Waals surface area contributed by atoms with E-state index in [0.29, 0.717) is 0 Å². The van der Waals surface area contributed by atoms with Crippen LogP contribution >= 0.6 is 12.4 Å². The fourth-order valence-electron chi connectivity index (χ4n) is 2.36. The highest BCUT2D eigenvalue weighted by molar-refractivity contribution is 7.89. The first-order valence-corrected chi connectivity index (χ1v) is 9.02. The number of nitro groups is 1. The van der Waals surface area contributed by atoms with E-state index in [0.717, 1.165) is 40.7 Å². The lowest BCUT2D eigenvalue weighted by atomic mass is 10.0. The molecule has 28 heavy (non-hydrogen) atoms. The first-order chi connectivity index (χ1) is 12.5. The predicted octanol–water partition coefficient (Wildman–Crippen LogP) is 3.41. The number of nitro benzene ring substituents is 1. The van der Waals surface area contributed by atoms with Gasteiger partial charge in [0.2, 0.25) is 10.0 Å². The van der Waals surface area contributed by atoms with E-state index in [-0.39, 0.29) is 35.1 Å². The Kier molecular flexibility index (Phi) is 7.94. The van der Waals surface area contributed by atoms with E-state index in [1.165, 1.54) is 13.1 Å². The molecule has 12 heteroatoms. The monoisotopic (exact) mass is 439 g/mol. The SMILES string of the molecule is CN(CC(N)c1ccc(F)c(C(F)F)c1)S(=O)(=O)c1ccc([N+](=O)[O-])cc1.Cl. The molecule has 0 heterocycles. The van der Waals surface area contributed by atoms with Crippen LogP contribution in [0.25, 0.3) is 0 Å². The van der Waals surface area contributed by atoms with Crippen LogP contribution in [-0.4, -0.2) is 31.2 Å². The molecular weight excluding hydrogens is 423 g/mol. The van der Waals surface area contributed by atoms with E-state index in [9.17, 15) is 31.7 Å². The summed E-state index contributed by atoms with van der Waals surface area (Å²) in [5, 5.41) is 10.6. The van der Waals surface area contributed by atoms with Crippen molar-refractivity contribution < 1.29 is 26.5 Å². The number of likely N-dealkylation sites (N-methyl/N-ethyl adjacent to an activating group) is 1. The first kappa shape index (κ1) is 23.8. The minimum absolute atomic E-state index is 0. The third kappa shape index (κ3) is 5.19. The van der Waals surface area contributed by atoms with Crippen LogP contribution in [0.4, 0.5) is 18.9 Å². The second kappa shape index (κ2) is 9.32. The largest absolute Gasteiger partial charge is 0.323 e. The third-order valence-corrected chi connectivity index (χ3v) is 5.73. The molecule has 0 radical (unpaired) electrons. The topological polar surface area (TPSA) is 107 Å². The molecule has 0 bridgehead atoms. The van der Waals surface area contributed by atoms with Crippen molar-refractivity contribution in [3.05, 3.63) is 69.5 Å². The van der Waals surface area contributed by atoms with E-state index >= 15 is 0 Å². The van der Waals surface area contributed by atoms with E-state index < -0.39 is 38.8 Å². The molecule has 0 fully saturated rings. The number of sulfonamides is 1. The molecule has 154 valence electrons. The van der Waals surface area contributed by atoms with E-state index in [1.807, 2.05) is 0 Å². The van der Waals surface area contributed by atoms with Gasteiger partial charge in [0, 0.05) is 31.8 Å². The second-order valence-electron chi connectivity index (χ2n) is 5.72. The van der Waals surface area contributed by atoms with Gasteiger partial charge < -0.3 is 5.73 Å².